The fourth-order valence-corrected chi connectivity index (χ4v) is 2.12. The zero-order valence-corrected chi connectivity index (χ0v) is 10.8. The number of benzene rings is 2. The molecule has 19 heavy (non-hydrogen) atoms. The molecule has 2 aromatic rings. The maximum atomic E-state index is 9.79. The Morgan fingerprint density at radius 3 is 2.47 bits per heavy atom. The molecule has 100 valence electrons. The van der Waals surface area contributed by atoms with Gasteiger partial charge in [-0.05, 0) is 41.7 Å². The molecule has 0 aliphatic rings. The quantitative estimate of drug-likeness (QED) is 0.771. The fourth-order valence-electron chi connectivity index (χ4n) is 2.12. The first-order chi connectivity index (χ1) is 9.20. The molecule has 0 fully saturated rings. The Bertz CT molecular complexity index is 526. The van der Waals surface area contributed by atoms with Crippen LogP contribution in [0.15, 0.2) is 48.5 Å². The summed E-state index contributed by atoms with van der Waals surface area (Å²) in [6.07, 6.45) is 1.45. The third-order valence-electron chi connectivity index (χ3n) is 3.28. The van der Waals surface area contributed by atoms with Crippen molar-refractivity contribution in [2.75, 3.05) is 0 Å². The molecule has 3 heteroatoms. The average Bonchev–Trinajstić information content (AvgIpc) is 2.47. The van der Waals surface area contributed by atoms with Crippen LogP contribution < -0.4 is 5.73 Å². The van der Waals surface area contributed by atoms with Gasteiger partial charge in [0.15, 0.2) is 0 Å². The van der Waals surface area contributed by atoms with Gasteiger partial charge in [0, 0.05) is 6.04 Å². The van der Waals surface area contributed by atoms with E-state index >= 15 is 0 Å². The van der Waals surface area contributed by atoms with Crippen molar-refractivity contribution in [3.05, 3.63) is 65.2 Å². The van der Waals surface area contributed by atoms with E-state index in [1.165, 1.54) is 0 Å². The molecule has 1 unspecified atom stereocenters. The van der Waals surface area contributed by atoms with E-state index in [0.717, 1.165) is 23.1 Å². The van der Waals surface area contributed by atoms with E-state index in [0.29, 0.717) is 6.42 Å². The van der Waals surface area contributed by atoms with E-state index in [4.69, 9.17) is 10.8 Å². The van der Waals surface area contributed by atoms with Gasteiger partial charge in [0.05, 0.1) is 6.61 Å². The molecule has 0 spiro atoms. The van der Waals surface area contributed by atoms with E-state index in [1.54, 1.807) is 12.1 Å². The van der Waals surface area contributed by atoms with Crippen LogP contribution in [0.5, 0.6) is 5.75 Å². The van der Waals surface area contributed by atoms with Crippen LogP contribution in [0.1, 0.15) is 29.2 Å². The standard InChI is InChI=1S/C16H19NO2/c17-15(13-4-2-1-3-5-13)8-7-14-10-12(11-18)6-9-16(14)19/h1-6,9-10,15,18-19H,7-8,11,17H2. The summed E-state index contributed by atoms with van der Waals surface area (Å²) in [6.45, 7) is -0.0159. The van der Waals surface area contributed by atoms with E-state index in [9.17, 15) is 5.11 Å². The Hall–Kier alpha value is -1.84. The first kappa shape index (κ1) is 13.6. The number of phenols is 1. The van der Waals surface area contributed by atoms with Crippen molar-refractivity contribution in [3.63, 3.8) is 0 Å². The van der Waals surface area contributed by atoms with Crippen LogP contribution in [0, 0.1) is 0 Å². The van der Waals surface area contributed by atoms with E-state index < -0.39 is 0 Å². The summed E-state index contributed by atoms with van der Waals surface area (Å²) in [4.78, 5) is 0. The lowest BCUT2D eigenvalue weighted by atomic mass is 9.98. The summed E-state index contributed by atoms with van der Waals surface area (Å²) in [5.74, 6) is 0.262. The molecule has 1 atom stereocenters. The third-order valence-corrected chi connectivity index (χ3v) is 3.28. The lowest BCUT2D eigenvalue weighted by Crippen LogP contribution is -2.11. The Balaban J connectivity index is 2.02. The molecule has 4 N–H and O–H groups in total. The minimum atomic E-state index is -0.0432. The number of aromatic hydroxyl groups is 1. The molecule has 0 saturated carbocycles. The molecule has 0 aliphatic carbocycles. The summed E-state index contributed by atoms with van der Waals surface area (Å²) in [6, 6.07) is 15.0. The number of phenolic OH excluding ortho intramolecular Hbond substituents is 1. The zero-order chi connectivity index (χ0) is 13.7. The van der Waals surface area contributed by atoms with Gasteiger partial charge in [-0.1, -0.05) is 36.4 Å². The molecule has 0 heterocycles. The smallest absolute Gasteiger partial charge is 0.118 e. The van der Waals surface area contributed by atoms with Gasteiger partial charge in [0.2, 0.25) is 0 Å². The molecule has 2 aromatic carbocycles. The number of hydrogen-bond acceptors (Lipinski definition) is 3. The van der Waals surface area contributed by atoms with Crippen molar-refractivity contribution in [3.8, 4) is 5.75 Å². The monoisotopic (exact) mass is 257 g/mol. The molecular weight excluding hydrogens is 238 g/mol. The molecule has 0 saturated heterocycles. The summed E-state index contributed by atoms with van der Waals surface area (Å²) in [7, 11) is 0. The predicted octanol–water partition coefficient (Wildman–Crippen LogP) is 2.52. The highest BCUT2D eigenvalue weighted by molar-refractivity contribution is 5.36. The first-order valence-corrected chi connectivity index (χ1v) is 6.43. The highest BCUT2D eigenvalue weighted by atomic mass is 16.3. The van der Waals surface area contributed by atoms with Crippen molar-refractivity contribution in [2.45, 2.75) is 25.5 Å². The van der Waals surface area contributed by atoms with Gasteiger partial charge in [-0.3, -0.25) is 0 Å². The van der Waals surface area contributed by atoms with Gasteiger partial charge in [0.1, 0.15) is 5.75 Å². The molecule has 0 radical (unpaired) electrons. The molecular formula is C16H19NO2. The number of rotatable bonds is 5. The van der Waals surface area contributed by atoms with E-state index in [1.807, 2.05) is 36.4 Å². The van der Waals surface area contributed by atoms with Crippen molar-refractivity contribution in [2.24, 2.45) is 5.73 Å². The number of aliphatic hydroxyl groups is 1. The second-order valence-corrected chi connectivity index (χ2v) is 4.68. The molecule has 0 bridgehead atoms. The van der Waals surface area contributed by atoms with Gasteiger partial charge in [-0.25, -0.2) is 0 Å². The second-order valence-electron chi connectivity index (χ2n) is 4.68. The summed E-state index contributed by atoms with van der Waals surface area (Å²) < 4.78 is 0. The topological polar surface area (TPSA) is 66.5 Å². The number of aliphatic hydroxyl groups excluding tert-OH is 1. The third kappa shape index (κ3) is 3.56. The van der Waals surface area contributed by atoms with Crippen molar-refractivity contribution in [1.29, 1.82) is 0 Å². The molecule has 0 amide bonds. The fraction of sp³-hybridized carbons (Fsp3) is 0.250. The van der Waals surface area contributed by atoms with Crippen molar-refractivity contribution >= 4 is 0 Å². The number of nitrogens with two attached hydrogens (primary N) is 1. The van der Waals surface area contributed by atoms with Crippen molar-refractivity contribution in [1.82, 2.24) is 0 Å². The number of aryl methyl sites for hydroxylation is 1. The Morgan fingerprint density at radius 2 is 1.79 bits per heavy atom. The Kier molecular flexibility index (Phi) is 4.55. The van der Waals surface area contributed by atoms with Gasteiger partial charge < -0.3 is 15.9 Å². The summed E-state index contributed by atoms with van der Waals surface area (Å²) in [5, 5.41) is 18.9. The second kappa shape index (κ2) is 6.36. The van der Waals surface area contributed by atoms with Gasteiger partial charge in [-0.15, -0.1) is 0 Å². The van der Waals surface area contributed by atoms with Gasteiger partial charge in [0.25, 0.3) is 0 Å². The Labute approximate surface area is 113 Å². The Morgan fingerprint density at radius 1 is 1.05 bits per heavy atom. The van der Waals surface area contributed by atoms with Crippen LogP contribution in [0.3, 0.4) is 0 Å². The van der Waals surface area contributed by atoms with Crippen LogP contribution in [-0.2, 0) is 13.0 Å². The van der Waals surface area contributed by atoms with Gasteiger partial charge >= 0.3 is 0 Å². The average molecular weight is 257 g/mol. The van der Waals surface area contributed by atoms with Crippen LogP contribution in [0.25, 0.3) is 0 Å². The van der Waals surface area contributed by atoms with Crippen LogP contribution in [0.2, 0.25) is 0 Å². The molecule has 2 rings (SSSR count). The van der Waals surface area contributed by atoms with E-state index in [2.05, 4.69) is 0 Å². The first-order valence-electron chi connectivity index (χ1n) is 6.43. The minimum Gasteiger partial charge on any atom is -0.508 e. The normalized spacial score (nSPS) is 12.3. The van der Waals surface area contributed by atoms with Crippen molar-refractivity contribution < 1.29 is 10.2 Å². The number of hydrogen-bond donors (Lipinski definition) is 3. The lowest BCUT2D eigenvalue weighted by molar-refractivity contribution is 0.281. The summed E-state index contributed by atoms with van der Waals surface area (Å²) in [5.41, 5.74) is 8.87. The zero-order valence-electron chi connectivity index (χ0n) is 10.8. The molecule has 3 nitrogen and oxygen atoms in total. The van der Waals surface area contributed by atoms with Crippen LogP contribution in [-0.4, -0.2) is 10.2 Å². The van der Waals surface area contributed by atoms with E-state index in [-0.39, 0.29) is 18.4 Å². The van der Waals surface area contributed by atoms with Crippen LogP contribution >= 0.6 is 0 Å². The van der Waals surface area contributed by atoms with Crippen LogP contribution in [0.4, 0.5) is 0 Å². The SMILES string of the molecule is NC(CCc1cc(CO)ccc1O)c1ccccc1. The minimum absolute atomic E-state index is 0.0159. The predicted molar refractivity (Wildman–Crippen MR) is 75.7 cm³/mol. The maximum absolute atomic E-state index is 9.79. The highest BCUT2D eigenvalue weighted by Crippen LogP contribution is 2.23. The largest absolute Gasteiger partial charge is 0.508 e. The maximum Gasteiger partial charge on any atom is 0.118 e. The molecule has 0 aromatic heterocycles. The highest BCUT2D eigenvalue weighted by Gasteiger charge is 2.08. The van der Waals surface area contributed by atoms with Gasteiger partial charge in [-0.2, -0.15) is 0 Å². The molecule has 0 aliphatic heterocycles. The lowest BCUT2D eigenvalue weighted by Gasteiger charge is -2.13. The summed E-state index contributed by atoms with van der Waals surface area (Å²) >= 11 is 0.